The first kappa shape index (κ1) is 17.6. The second-order valence-corrected chi connectivity index (χ2v) is 5.67. The molecule has 1 unspecified atom stereocenters. The Hall–Kier alpha value is -1.73. The van der Waals surface area contributed by atoms with E-state index in [1.807, 2.05) is 0 Å². The van der Waals surface area contributed by atoms with Crippen molar-refractivity contribution in [1.29, 1.82) is 0 Å². The molecular weight excluding hydrogens is 354 g/mol. The molecule has 0 saturated heterocycles. The van der Waals surface area contributed by atoms with Gasteiger partial charge in [-0.25, -0.2) is 0 Å². The van der Waals surface area contributed by atoms with Crippen molar-refractivity contribution in [2.24, 2.45) is 0 Å². The average molecular weight is 366 g/mol. The second-order valence-electron chi connectivity index (χ2n) is 4.86. The van der Waals surface area contributed by atoms with Gasteiger partial charge in [0.05, 0.1) is 16.1 Å². The standard InChI is InChI=1S/C14H12Cl2F3N3O/c1-8(9-2-3-10(15)11(16)6-9)20-13(23)7-22-5-4-12(21-22)14(17,18)19/h2-6,8H,7H2,1H3,(H,20,23). The van der Waals surface area contributed by atoms with E-state index in [-0.39, 0.29) is 12.6 Å². The van der Waals surface area contributed by atoms with Gasteiger partial charge in [-0.3, -0.25) is 9.48 Å². The summed E-state index contributed by atoms with van der Waals surface area (Å²) < 4.78 is 38.3. The van der Waals surface area contributed by atoms with Gasteiger partial charge in [0.15, 0.2) is 5.69 Å². The van der Waals surface area contributed by atoms with Crippen molar-refractivity contribution < 1.29 is 18.0 Å². The Morgan fingerprint density at radius 1 is 1.30 bits per heavy atom. The van der Waals surface area contributed by atoms with Crippen LogP contribution in [0.15, 0.2) is 30.5 Å². The van der Waals surface area contributed by atoms with Crippen LogP contribution in [-0.2, 0) is 17.5 Å². The van der Waals surface area contributed by atoms with Crippen LogP contribution < -0.4 is 5.32 Å². The van der Waals surface area contributed by atoms with Crippen LogP contribution in [0.25, 0.3) is 0 Å². The van der Waals surface area contributed by atoms with Crippen LogP contribution >= 0.6 is 23.2 Å². The first-order chi connectivity index (χ1) is 10.7. The summed E-state index contributed by atoms with van der Waals surface area (Å²) in [6, 6.07) is 5.36. The molecule has 0 saturated carbocycles. The minimum absolute atomic E-state index is 0.318. The van der Waals surface area contributed by atoms with E-state index in [0.717, 1.165) is 22.5 Å². The molecule has 1 amide bonds. The van der Waals surface area contributed by atoms with Crippen molar-refractivity contribution in [1.82, 2.24) is 15.1 Å². The molecule has 2 rings (SSSR count). The number of halogens is 5. The van der Waals surface area contributed by atoms with Crippen molar-refractivity contribution in [3.05, 3.63) is 51.8 Å². The third kappa shape index (κ3) is 4.62. The number of aromatic nitrogens is 2. The number of carbonyl (C=O) groups is 1. The summed E-state index contributed by atoms with van der Waals surface area (Å²) in [5, 5.41) is 6.72. The summed E-state index contributed by atoms with van der Waals surface area (Å²) >= 11 is 11.7. The maximum absolute atomic E-state index is 12.4. The van der Waals surface area contributed by atoms with Crippen LogP contribution in [0.4, 0.5) is 13.2 Å². The summed E-state index contributed by atoms with van der Waals surface area (Å²) in [6.45, 7) is 1.41. The van der Waals surface area contributed by atoms with Crippen molar-refractivity contribution >= 4 is 29.1 Å². The van der Waals surface area contributed by atoms with Gasteiger partial charge in [-0.1, -0.05) is 29.3 Å². The molecule has 9 heteroatoms. The van der Waals surface area contributed by atoms with E-state index in [1.54, 1.807) is 25.1 Å². The molecule has 0 fully saturated rings. The van der Waals surface area contributed by atoms with Crippen LogP contribution in [0.1, 0.15) is 24.2 Å². The zero-order valence-electron chi connectivity index (χ0n) is 11.9. The number of alkyl halides is 3. The Morgan fingerprint density at radius 3 is 2.57 bits per heavy atom. The lowest BCUT2D eigenvalue weighted by Gasteiger charge is -2.15. The van der Waals surface area contributed by atoms with Crippen molar-refractivity contribution in [3.8, 4) is 0 Å². The molecule has 1 aromatic carbocycles. The molecule has 0 radical (unpaired) electrons. The van der Waals surface area contributed by atoms with Gasteiger partial charge in [0.25, 0.3) is 0 Å². The molecule has 1 N–H and O–H groups in total. The molecule has 4 nitrogen and oxygen atoms in total. The molecule has 2 aromatic rings. The van der Waals surface area contributed by atoms with Crippen LogP contribution in [0.2, 0.25) is 10.0 Å². The molecule has 1 atom stereocenters. The molecule has 0 bridgehead atoms. The van der Waals surface area contributed by atoms with E-state index in [9.17, 15) is 18.0 Å². The van der Waals surface area contributed by atoms with E-state index in [2.05, 4.69) is 10.4 Å². The first-order valence-electron chi connectivity index (χ1n) is 6.52. The Kier molecular flexibility index (Phi) is 5.21. The second kappa shape index (κ2) is 6.80. The number of hydrogen-bond donors (Lipinski definition) is 1. The fourth-order valence-corrected chi connectivity index (χ4v) is 2.21. The molecule has 1 heterocycles. The molecule has 0 aliphatic heterocycles. The lowest BCUT2D eigenvalue weighted by Crippen LogP contribution is -2.30. The highest BCUT2D eigenvalue weighted by Gasteiger charge is 2.33. The molecule has 0 spiro atoms. The fraction of sp³-hybridized carbons (Fsp3) is 0.286. The zero-order valence-corrected chi connectivity index (χ0v) is 13.4. The average Bonchev–Trinajstić information content (AvgIpc) is 2.90. The summed E-state index contributed by atoms with van der Waals surface area (Å²) in [4.78, 5) is 11.9. The summed E-state index contributed by atoms with van der Waals surface area (Å²) in [7, 11) is 0. The number of hydrogen-bond acceptors (Lipinski definition) is 2. The molecule has 1 aromatic heterocycles. The van der Waals surface area contributed by atoms with Crippen molar-refractivity contribution in [2.45, 2.75) is 25.7 Å². The normalized spacial score (nSPS) is 13.0. The maximum atomic E-state index is 12.4. The molecule has 124 valence electrons. The Balaban J connectivity index is 1.98. The van der Waals surface area contributed by atoms with Crippen molar-refractivity contribution in [2.75, 3.05) is 0 Å². The first-order valence-corrected chi connectivity index (χ1v) is 7.27. The van der Waals surface area contributed by atoms with Crippen LogP contribution in [-0.4, -0.2) is 15.7 Å². The SMILES string of the molecule is CC(NC(=O)Cn1ccc(C(F)(F)F)n1)c1ccc(Cl)c(Cl)c1. The number of nitrogens with zero attached hydrogens (tertiary/aromatic N) is 2. The minimum atomic E-state index is -4.53. The predicted octanol–water partition coefficient (Wildman–Crippen LogP) is 4.09. The third-order valence-corrected chi connectivity index (χ3v) is 3.80. The van der Waals surface area contributed by atoms with Gasteiger partial charge < -0.3 is 5.32 Å². The topological polar surface area (TPSA) is 46.9 Å². The van der Waals surface area contributed by atoms with Gasteiger partial charge in [-0.2, -0.15) is 18.3 Å². The minimum Gasteiger partial charge on any atom is -0.348 e. The highest BCUT2D eigenvalue weighted by Crippen LogP contribution is 2.27. The lowest BCUT2D eigenvalue weighted by molar-refractivity contribution is -0.141. The highest BCUT2D eigenvalue weighted by atomic mass is 35.5. The maximum Gasteiger partial charge on any atom is 0.435 e. The van der Waals surface area contributed by atoms with E-state index in [4.69, 9.17) is 23.2 Å². The number of nitrogens with one attached hydrogen (secondary N) is 1. The van der Waals surface area contributed by atoms with E-state index >= 15 is 0 Å². The monoisotopic (exact) mass is 365 g/mol. The number of rotatable bonds is 4. The van der Waals surface area contributed by atoms with Gasteiger partial charge in [0, 0.05) is 6.20 Å². The summed E-state index contributed by atoms with van der Waals surface area (Å²) in [5.74, 6) is -0.472. The Morgan fingerprint density at radius 2 is 2.00 bits per heavy atom. The summed E-state index contributed by atoms with van der Waals surface area (Å²) in [5.41, 5.74) is -0.313. The quantitative estimate of drug-likeness (QED) is 0.886. The summed E-state index contributed by atoms with van der Waals surface area (Å²) in [6.07, 6.45) is -3.43. The Labute approximate surface area is 140 Å². The smallest absolute Gasteiger partial charge is 0.348 e. The highest BCUT2D eigenvalue weighted by molar-refractivity contribution is 6.42. The van der Waals surface area contributed by atoms with Crippen molar-refractivity contribution in [3.63, 3.8) is 0 Å². The molecule has 0 aliphatic carbocycles. The number of amides is 1. The third-order valence-electron chi connectivity index (χ3n) is 3.06. The van der Waals surface area contributed by atoms with E-state index in [1.165, 1.54) is 0 Å². The van der Waals surface area contributed by atoms with Crippen LogP contribution in [0.3, 0.4) is 0 Å². The lowest BCUT2D eigenvalue weighted by atomic mass is 10.1. The molecule has 0 aliphatic rings. The number of carbonyl (C=O) groups excluding carboxylic acids is 1. The van der Waals surface area contributed by atoms with Gasteiger partial charge >= 0.3 is 6.18 Å². The van der Waals surface area contributed by atoms with Crippen LogP contribution in [0, 0.1) is 0 Å². The van der Waals surface area contributed by atoms with Gasteiger partial charge in [-0.15, -0.1) is 0 Å². The van der Waals surface area contributed by atoms with Gasteiger partial charge in [0.2, 0.25) is 5.91 Å². The van der Waals surface area contributed by atoms with Crippen LogP contribution in [0.5, 0.6) is 0 Å². The largest absolute Gasteiger partial charge is 0.435 e. The Bertz CT molecular complexity index is 716. The number of benzene rings is 1. The van der Waals surface area contributed by atoms with E-state index < -0.39 is 17.8 Å². The molecule has 23 heavy (non-hydrogen) atoms. The predicted molar refractivity (Wildman–Crippen MR) is 80.2 cm³/mol. The zero-order chi connectivity index (χ0) is 17.2. The van der Waals surface area contributed by atoms with E-state index in [0.29, 0.717) is 10.0 Å². The molecular formula is C14H12Cl2F3N3O. The van der Waals surface area contributed by atoms with Gasteiger partial charge in [-0.05, 0) is 30.7 Å². The fourth-order valence-electron chi connectivity index (χ4n) is 1.90. The van der Waals surface area contributed by atoms with Gasteiger partial charge in [0.1, 0.15) is 6.54 Å².